The SMILES string of the molecule is Nc1nc(Nc2ccc(F)cc2)c2ncn(C3CCCCO3)c2n1. The van der Waals surface area contributed by atoms with Crippen LogP contribution in [0.2, 0.25) is 0 Å². The van der Waals surface area contributed by atoms with Crippen molar-refractivity contribution in [3.05, 3.63) is 36.4 Å². The molecule has 1 atom stereocenters. The molecule has 0 amide bonds. The van der Waals surface area contributed by atoms with E-state index in [-0.39, 0.29) is 18.0 Å². The molecule has 124 valence electrons. The second-order valence-electron chi connectivity index (χ2n) is 5.71. The molecule has 1 unspecified atom stereocenters. The van der Waals surface area contributed by atoms with Gasteiger partial charge in [0.15, 0.2) is 17.0 Å². The van der Waals surface area contributed by atoms with Gasteiger partial charge < -0.3 is 15.8 Å². The van der Waals surface area contributed by atoms with Crippen LogP contribution in [0.3, 0.4) is 0 Å². The molecule has 1 aromatic carbocycles. The third kappa shape index (κ3) is 2.76. The van der Waals surface area contributed by atoms with E-state index >= 15 is 0 Å². The van der Waals surface area contributed by atoms with Crippen LogP contribution >= 0.6 is 0 Å². The van der Waals surface area contributed by atoms with Crippen molar-refractivity contribution in [2.75, 3.05) is 17.7 Å². The lowest BCUT2D eigenvalue weighted by atomic mass is 10.2. The minimum Gasteiger partial charge on any atom is -0.368 e. The number of halogens is 1. The van der Waals surface area contributed by atoms with E-state index in [0.717, 1.165) is 25.9 Å². The number of ether oxygens (including phenoxy) is 1. The van der Waals surface area contributed by atoms with Gasteiger partial charge in [0.1, 0.15) is 12.0 Å². The Morgan fingerprint density at radius 3 is 2.79 bits per heavy atom. The number of hydrogen-bond donors (Lipinski definition) is 2. The van der Waals surface area contributed by atoms with Gasteiger partial charge in [0, 0.05) is 12.3 Å². The second kappa shape index (κ2) is 6.04. The molecule has 0 bridgehead atoms. The summed E-state index contributed by atoms with van der Waals surface area (Å²) in [7, 11) is 0. The highest BCUT2D eigenvalue weighted by atomic mass is 19.1. The molecule has 24 heavy (non-hydrogen) atoms. The summed E-state index contributed by atoms with van der Waals surface area (Å²) in [6.07, 6.45) is 4.70. The summed E-state index contributed by atoms with van der Waals surface area (Å²) in [5.74, 6) is 0.329. The molecule has 1 aliphatic heterocycles. The fraction of sp³-hybridized carbons (Fsp3) is 0.312. The van der Waals surface area contributed by atoms with Gasteiger partial charge in [-0.25, -0.2) is 9.37 Å². The summed E-state index contributed by atoms with van der Waals surface area (Å²) < 4.78 is 20.7. The molecule has 1 fully saturated rings. The molecule has 3 heterocycles. The maximum absolute atomic E-state index is 13.0. The summed E-state index contributed by atoms with van der Waals surface area (Å²) in [6.45, 7) is 0.728. The third-order valence-corrected chi connectivity index (χ3v) is 4.01. The molecule has 3 N–H and O–H groups in total. The monoisotopic (exact) mass is 328 g/mol. The number of fused-ring (bicyclic) bond motifs is 1. The van der Waals surface area contributed by atoms with Gasteiger partial charge in [-0.05, 0) is 43.5 Å². The van der Waals surface area contributed by atoms with Crippen LogP contribution in [0.5, 0.6) is 0 Å². The van der Waals surface area contributed by atoms with Gasteiger partial charge in [-0.15, -0.1) is 0 Å². The number of imidazole rings is 1. The average molecular weight is 328 g/mol. The number of aromatic nitrogens is 4. The Labute approximate surface area is 137 Å². The van der Waals surface area contributed by atoms with Crippen molar-refractivity contribution in [1.29, 1.82) is 0 Å². The average Bonchev–Trinajstić information content (AvgIpc) is 3.01. The van der Waals surface area contributed by atoms with Gasteiger partial charge in [0.25, 0.3) is 0 Å². The zero-order valence-electron chi connectivity index (χ0n) is 12.9. The normalized spacial score (nSPS) is 18.0. The first-order chi connectivity index (χ1) is 11.7. The molecule has 0 saturated carbocycles. The number of anilines is 3. The number of benzene rings is 1. The van der Waals surface area contributed by atoms with Crippen LogP contribution < -0.4 is 11.1 Å². The molecule has 0 aliphatic carbocycles. The molecule has 4 rings (SSSR count). The maximum atomic E-state index is 13.0. The van der Waals surface area contributed by atoms with Crippen LogP contribution in [-0.4, -0.2) is 26.1 Å². The zero-order valence-corrected chi connectivity index (χ0v) is 12.9. The minimum atomic E-state index is -0.299. The van der Waals surface area contributed by atoms with Crippen LogP contribution in [0.1, 0.15) is 25.5 Å². The minimum absolute atomic E-state index is 0.0864. The lowest BCUT2D eigenvalue weighted by Gasteiger charge is -2.23. The Morgan fingerprint density at radius 1 is 1.21 bits per heavy atom. The predicted octanol–water partition coefficient (Wildman–Crippen LogP) is 2.99. The first-order valence-corrected chi connectivity index (χ1v) is 7.85. The highest BCUT2D eigenvalue weighted by Gasteiger charge is 2.21. The van der Waals surface area contributed by atoms with E-state index in [4.69, 9.17) is 10.5 Å². The molecular weight excluding hydrogens is 311 g/mol. The Kier molecular flexibility index (Phi) is 3.73. The molecule has 3 aromatic rings. The number of nitrogen functional groups attached to an aromatic ring is 1. The summed E-state index contributed by atoms with van der Waals surface area (Å²) >= 11 is 0. The van der Waals surface area contributed by atoms with Crippen molar-refractivity contribution in [2.45, 2.75) is 25.5 Å². The second-order valence-corrected chi connectivity index (χ2v) is 5.71. The standard InChI is InChI=1S/C16H17FN6O/c17-10-4-6-11(7-5-10)20-14-13-15(22-16(18)21-14)23(9-19-13)12-3-1-2-8-24-12/h4-7,9,12H,1-3,8H2,(H3,18,20,21,22). The molecule has 1 saturated heterocycles. The van der Waals surface area contributed by atoms with Crippen molar-refractivity contribution >= 4 is 28.6 Å². The molecular formula is C16H17FN6O. The lowest BCUT2D eigenvalue weighted by Crippen LogP contribution is -2.18. The highest BCUT2D eigenvalue weighted by molar-refractivity contribution is 5.86. The van der Waals surface area contributed by atoms with Gasteiger partial charge in [0.05, 0.1) is 6.33 Å². The number of rotatable bonds is 3. The fourth-order valence-corrected chi connectivity index (χ4v) is 2.84. The van der Waals surface area contributed by atoms with Crippen molar-refractivity contribution in [3.8, 4) is 0 Å². The number of nitrogens with zero attached hydrogens (tertiary/aromatic N) is 4. The quantitative estimate of drug-likeness (QED) is 0.768. The molecule has 0 radical (unpaired) electrons. The first-order valence-electron chi connectivity index (χ1n) is 7.85. The number of nitrogens with one attached hydrogen (secondary N) is 1. The Morgan fingerprint density at radius 2 is 2.04 bits per heavy atom. The summed E-state index contributed by atoms with van der Waals surface area (Å²) in [6, 6.07) is 6.00. The lowest BCUT2D eigenvalue weighted by molar-refractivity contribution is -0.0298. The summed E-state index contributed by atoms with van der Waals surface area (Å²) in [4.78, 5) is 13.0. The van der Waals surface area contributed by atoms with Gasteiger partial charge in [-0.3, -0.25) is 4.57 Å². The van der Waals surface area contributed by atoms with Crippen LogP contribution in [0, 0.1) is 5.82 Å². The molecule has 0 spiro atoms. The third-order valence-electron chi connectivity index (χ3n) is 4.01. The Bertz CT molecular complexity index is 857. The van der Waals surface area contributed by atoms with E-state index in [1.807, 2.05) is 4.57 Å². The first kappa shape index (κ1) is 14.8. The maximum Gasteiger partial charge on any atom is 0.224 e. The molecule has 7 nitrogen and oxygen atoms in total. The fourth-order valence-electron chi connectivity index (χ4n) is 2.84. The van der Waals surface area contributed by atoms with Crippen molar-refractivity contribution in [1.82, 2.24) is 19.5 Å². The van der Waals surface area contributed by atoms with Gasteiger partial charge >= 0.3 is 0 Å². The topological polar surface area (TPSA) is 90.9 Å². The van der Waals surface area contributed by atoms with E-state index in [9.17, 15) is 4.39 Å². The van der Waals surface area contributed by atoms with Crippen LogP contribution in [0.25, 0.3) is 11.2 Å². The molecule has 2 aromatic heterocycles. The summed E-state index contributed by atoms with van der Waals surface area (Å²) in [5.41, 5.74) is 7.77. The van der Waals surface area contributed by atoms with E-state index < -0.39 is 0 Å². The van der Waals surface area contributed by atoms with Crippen molar-refractivity contribution < 1.29 is 9.13 Å². The highest BCUT2D eigenvalue weighted by Crippen LogP contribution is 2.29. The van der Waals surface area contributed by atoms with E-state index in [1.54, 1.807) is 18.5 Å². The van der Waals surface area contributed by atoms with E-state index in [1.165, 1.54) is 12.1 Å². The predicted molar refractivity (Wildman–Crippen MR) is 88.3 cm³/mol. The number of hydrogen-bond acceptors (Lipinski definition) is 6. The van der Waals surface area contributed by atoms with E-state index in [2.05, 4.69) is 20.3 Å². The van der Waals surface area contributed by atoms with Gasteiger partial charge in [-0.2, -0.15) is 9.97 Å². The summed E-state index contributed by atoms with van der Waals surface area (Å²) in [5, 5.41) is 3.12. The van der Waals surface area contributed by atoms with Crippen LogP contribution in [0.4, 0.5) is 21.8 Å². The van der Waals surface area contributed by atoms with Gasteiger partial charge in [-0.1, -0.05) is 0 Å². The smallest absolute Gasteiger partial charge is 0.224 e. The van der Waals surface area contributed by atoms with Crippen LogP contribution in [-0.2, 0) is 4.74 Å². The Balaban J connectivity index is 1.73. The zero-order chi connectivity index (χ0) is 16.5. The van der Waals surface area contributed by atoms with E-state index in [0.29, 0.717) is 22.7 Å². The Hall–Kier alpha value is -2.74. The molecule has 1 aliphatic rings. The largest absolute Gasteiger partial charge is 0.368 e. The van der Waals surface area contributed by atoms with Gasteiger partial charge in [0.2, 0.25) is 5.95 Å². The van der Waals surface area contributed by atoms with Crippen molar-refractivity contribution in [2.24, 2.45) is 0 Å². The molecule has 8 heteroatoms. The van der Waals surface area contributed by atoms with Crippen LogP contribution in [0.15, 0.2) is 30.6 Å². The van der Waals surface area contributed by atoms with Crippen molar-refractivity contribution in [3.63, 3.8) is 0 Å². The number of nitrogens with two attached hydrogens (primary N) is 1.